The highest BCUT2D eigenvalue weighted by atomic mass is 32.2. The van der Waals surface area contributed by atoms with Gasteiger partial charge in [0.05, 0.1) is 5.92 Å². The van der Waals surface area contributed by atoms with Gasteiger partial charge in [0.1, 0.15) is 0 Å². The van der Waals surface area contributed by atoms with Crippen molar-refractivity contribution in [3.63, 3.8) is 0 Å². The lowest BCUT2D eigenvalue weighted by molar-refractivity contribution is -0.140. The van der Waals surface area contributed by atoms with Gasteiger partial charge >= 0.3 is 5.97 Å². The number of carbonyl (C=O) groups is 1. The van der Waals surface area contributed by atoms with Crippen molar-refractivity contribution in [2.24, 2.45) is 5.92 Å². The molecular weight excluding hydrogens is 160 g/mol. The average Bonchev–Trinajstić information content (AvgIpc) is 2.36. The summed E-state index contributed by atoms with van der Waals surface area (Å²) in [7, 11) is 0. The summed E-state index contributed by atoms with van der Waals surface area (Å²) in [5, 5.41) is 8.76. The fourth-order valence-corrected chi connectivity index (χ4v) is 2.48. The molecule has 2 nitrogen and oxygen atoms in total. The summed E-state index contributed by atoms with van der Waals surface area (Å²) in [5.74, 6) is 0.0812. The van der Waals surface area contributed by atoms with Crippen LogP contribution in [0.4, 0.5) is 0 Å². The Balaban J connectivity index is 2.65. The third kappa shape index (κ3) is 1.99. The van der Waals surface area contributed by atoms with E-state index in [1.54, 1.807) is 11.8 Å². The molecule has 0 bridgehead atoms. The van der Waals surface area contributed by atoms with Gasteiger partial charge < -0.3 is 5.11 Å². The Labute approximate surface area is 70.7 Å². The average molecular weight is 172 g/mol. The lowest BCUT2D eigenvalue weighted by Gasteiger charge is -2.03. The van der Waals surface area contributed by atoms with Crippen molar-refractivity contribution in [1.82, 2.24) is 0 Å². The second kappa shape index (κ2) is 3.81. The number of hydrogen-bond donors (Lipinski definition) is 1. The molecule has 1 atom stereocenters. The Morgan fingerprint density at radius 3 is 3.18 bits per heavy atom. The zero-order valence-electron chi connectivity index (χ0n) is 6.54. The molecule has 1 N–H and O–H groups in total. The topological polar surface area (TPSA) is 37.3 Å². The Kier molecular flexibility index (Phi) is 3.00. The van der Waals surface area contributed by atoms with E-state index in [0.717, 1.165) is 23.5 Å². The number of hydrogen-bond acceptors (Lipinski definition) is 2. The molecule has 0 radical (unpaired) electrons. The van der Waals surface area contributed by atoms with E-state index in [1.165, 1.54) is 0 Å². The Hall–Kier alpha value is -0.440. The largest absolute Gasteiger partial charge is 0.481 e. The lowest BCUT2D eigenvalue weighted by Crippen LogP contribution is -2.10. The van der Waals surface area contributed by atoms with Gasteiger partial charge in [0.25, 0.3) is 0 Å². The van der Waals surface area contributed by atoms with Crippen molar-refractivity contribution in [1.29, 1.82) is 0 Å². The number of rotatable bonds is 2. The first-order chi connectivity index (χ1) is 5.25. The van der Waals surface area contributed by atoms with Crippen LogP contribution in [0.15, 0.2) is 11.0 Å². The van der Waals surface area contributed by atoms with Crippen molar-refractivity contribution < 1.29 is 9.90 Å². The summed E-state index contributed by atoms with van der Waals surface area (Å²) >= 11 is 1.68. The molecule has 0 aromatic rings. The Bertz CT molecular complexity index is 187. The van der Waals surface area contributed by atoms with E-state index in [2.05, 4.69) is 0 Å². The van der Waals surface area contributed by atoms with Crippen LogP contribution in [-0.2, 0) is 4.79 Å². The minimum absolute atomic E-state index is 0.208. The van der Waals surface area contributed by atoms with Crippen LogP contribution in [0.2, 0.25) is 0 Å². The maximum absolute atomic E-state index is 10.6. The number of thioether (sulfide) groups is 1. The third-order valence-corrected chi connectivity index (χ3v) is 2.95. The van der Waals surface area contributed by atoms with Gasteiger partial charge in [-0.1, -0.05) is 13.0 Å². The maximum Gasteiger partial charge on any atom is 0.311 e. The molecule has 0 aliphatic carbocycles. The van der Waals surface area contributed by atoms with Crippen molar-refractivity contribution in [3.8, 4) is 0 Å². The van der Waals surface area contributed by atoms with Crippen LogP contribution in [0.25, 0.3) is 0 Å². The Morgan fingerprint density at radius 2 is 2.64 bits per heavy atom. The monoisotopic (exact) mass is 172 g/mol. The van der Waals surface area contributed by atoms with E-state index in [-0.39, 0.29) is 5.92 Å². The van der Waals surface area contributed by atoms with E-state index in [4.69, 9.17) is 5.11 Å². The minimum atomic E-state index is -0.672. The van der Waals surface area contributed by atoms with E-state index in [9.17, 15) is 4.79 Å². The predicted molar refractivity (Wildman–Crippen MR) is 46.6 cm³/mol. The molecule has 1 rings (SSSR count). The molecule has 1 aliphatic heterocycles. The molecule has 1 aliphatic rings. The summed E-state index contributed by atoms with van der Waals surface area (Å²) in [5.41, 5.74) is 0. The van der Waals surface area contributed by atoms with Crippen LogP contribution >= 0.6 is 11.8 Å². The maximum atomic E-state index is 10.6. The van der Waals surface area contributed by atoms with Crippen molar-refractivity contribution >= 4 is 17.7 Å². The molecule has 3 heteroatoms. The van der Waals surface area contributed by atoms with Crippen molar-refractivity contribution in [2.45, 2.75) is 19.8 Å². The zero-order chi connectivity index (χ0) is 8.27. The first-order valence-electron chi connectivity index (χ1n) is 3.81. The zero-order valence-corrected chi connectivity index (χ0v) is 7.36. The highest BCUT2D eigenvalue weighted by molar-refractivity contribution is 8.03. The molecule has 1 unspecified atom stereocenters. The lowest BCUT2D eigenvalue weighted by atomic mass is 10.1. The first-order valence-corrected chi connectivity index (χ1v) is 4.80. The molecule has 1 heterocycles. The van der Waals surface area contributed by atoms with Gasteiger partial charge in [-0.25, -0.2) is 0 Å². The number of carboxylic acid groups (broad SMARTS) is 1. The van der Waals surface area contributed by atoms with Gasteiger partial charge in [0.2, 0.25) is 0 Å². The van der Waals surface area contributed by atoms with Crippen LogP contribution in [0.5, 0.6) is 0 Å². The highest BCUT2D eigenvalue weighted by Gasteiger charge is 2.27. The normalized spacial score (nSPS) is 27.7. The molecule has 0 aromatic heterocycles. The van der Waals surface area contributed by atoms with Crippen LogP contribution in [0, 0.1) is 5.92 Å². The smallest absolute Gasteiger partial charge is 0.311 e. The second-order valence-corrected chi connectivity index (χ2v) is 3.71. The van der Waals surface area contributed by atoms with Gasteiger partial charge in [-0.2, -0.15) is 0 Å². The quantitative estimate of drug-likeness (QED) is 0.693. The van der Waals surface area contributed by atoms with Gasteiger partial charge in [-0.15, -0.1) is 11.8 Å². The van der Waals surface area contributed by atoms with Crippen LogP contribution in [0.1, 0.15) is 19.8 Å². The summed E-state index contributed by atoms with van der Waals surface area (Å²) < 4.78 is 0. The van der Waals surface area contributed by atoms with E-state index < -0.39 is 5.97 Å². The number of carboxylic acids is 1. The van der Waals surface area contributed by atoms with E-state index in [1.807, 2.05) is 13.0 Å². The van der Waals surface area contributed by atoms with Crippen LogP contribution < -0.4 is 0 Å². The fourth-order valence-electron chi connectivity index (χ4n) is 1.19. The fraction of sp³-hybridized carbons (Fsp3) is 0.625. The minimum Gasteiger partial charge on any atom is -0.481 e. The molecule has 11 heavy (non-hydrogen) atoms. The van der Waals surface area contributed by atoms with E-state index >= 15 is 0 Å². The van der Waals surface area contributed by atoms with E-state index in [0.29, 0.717) is 0 Å². The SMILES string of the molecule is CC/C=C1\SCCC1C(=O)O. The molecule has 1 fully saturated rings. The standard InChI is InChI=1S/C8H12O2S/c1-2-3-7-6(8(9)10)4-5-11-7/h3,6H,2,4-5H2,1H3,(H,9,10)/b7-3-. The summed E-state index contributed by atoms with van der Waals surface area (Å²) in [4.78, 5) is 11.7. The summed E-state index contributed by atoms with van der Waals surface area (Å²) in [6.07, 6.45) is 3.76. The van der Waals surface area contributed by atoms with Crippen LogP contribution in [-0.4, -0.2) is 16.8 Å². The molecule has 0 spiro atoms. The third-order valence-electron chi connectivity index (χ3n) is 1.72. The molecule has 1 saturated heterocycles. The molecule has 0 saturated carbocycles. The number of allylic oxidation sites excluding steroid dienone is 1. The van der Waals surface area contributed by atoms with Crippen molar-refractivity contribution in [3.05, 3.63) is 11.0 Å². The summed E-state index contributed by atoms with van der Waals surface area (Å²) in [6.45, 7) is 2.03. The van der Waals surface area contributed by atoms with Gasteiger partial charge in [0, 0.05) is 0 Å². The second-order valence-electron chi connectivity index (χ2n) is 2.54. The van der Waals surface area contributed by atoms with Crippen molar-refractivity contribution in [2.75, 3.05) is 5.75 Å². The van der Waals surface area contributed by atoms with Crippen LogP contribution in [0.3, 0.4) is 0 Å². The van der Waals surface area contributed by atoms with Gasteiger partial charge in [-0.3, -0.25) is 4.79 Å². The molecule has 62 valence electrons. The van der Waals surface area contributed by atoms with Gasteiger partial charge in [0.15, 0.2) is 0 Å². The summed E-state index contributed by atoms with van der Waals surface area (Å²) in [6, 6.07) is 0. The first kappa shape index (κ1) is 8.65. The number of aliphatic carboxylic acids is 1. The van der Waals surface area contributed by atoms with Gasteiger partial charge in [-0.05, 0) is 23.5 Å². The Morgan fingerprint density at radius 1 is 1.91 bits per heavy atom. The predicted octanol–water partition coefficient (Wildman–Crippen LogP) is 2.12. The molecule has 0 aromatic carbocycles. The highest BCUT2D eigenvalue weighted by Crippen LogP contribution is 2.36. The molecule has 0 amide bonds. The molecular formula is C8H12O2S.